The molecule has 0 amide bonds. The molecule has 0 aliphatic rings. The first-order valence-electron chi connectivity index (χ1n) is 7.12. The quantitative estimate of drug-likeness (QED) is 0.775. The lowest BCUT2D eigenvalue weighted by Gasteiger charge is -2.26. The maximum atomic E-state index is 5.36. The Morgan fingerprint density at radius 2 is 1.63 bits per heavy atom. The molecule has 0 spiro atoms. The average Bonchev–Trinajstić information content (AvgIpc) is 2.44. The van der Waals surface area contributed by atoms with Crippen molar-refractivity contribution in [3.8, 4) is 11.5 Å². The van der Waals surface area contributed by atoms with Crippen LogP contribution in [0.3, 0.4) is 0 Å². The van der Waals surface area contributed by atoms with Crippen LogP contribution in [0.2, 0.25) is 0 Å². The molecule has 0 aliphatic heterocycles. The maximum absolute atomic E-state index is 5.36. The van der Waals surface area contributed by atoms with Gasteiger partial charge in [-0.25, -0.2) is 0 Å². The molecule has 0 radical (unpaired) electrons. The lowest BCUT2D eigenvalue weighted by atomic mass is 9.90. The van der Waals surface area contributed by atoms with Gasteiger partial charge < -0.3 is 14.8 Å². The third-order valence-corrected chi connectivity index (χ3v) is 3.47. The SMILES string of the molecule is CCCC(C)C(NCC)c1cc(OC)cc(OC)c1. The van der Waals surface area contributed by atoms with E-state index in [1.54, 1.807) is 14.2 Å². The highest BCUT2D eigenvalue weighted by Gasteiger charge is 2.19. The molecule has 0 aromatic heterocycles. The number of hydrogen-bond acceptors (Lipinski definition) is 3. The van der Waals surface area contributed by atoms with E-state index in [0.29, 0.717) is 12.0 Å². The largest absolute Gasteiger partial charge is 0.497 e. The Balaban J connectivity index is 3.06. The van der Waals surface area contributed by atoms with Gasteiger partial charge in [-0.15, -0.1) is 0 Å². The molecule has 0 fully saturated rings. The van der Waals surface area contributed by atoms with Gasteiger partial charge in [-0.3, -0.25) is 0 Å². The maximum Gasteiger partial charge on any atom is 0.122 e. The molecule has 19 heavy (non-hydrogen) atoms. The Labute approximate surface area is 117 Å². The van der Waals surface area contributed by atoms with Crippen LogP contribution in [0.1, 0.15) is 45.2 Å². The van der Waals surface area contributed by atoms with E-state index in [1.807, 2.05) is 6.07 Å². The Bertz CT molecular complexity index is 357. The van der Waals surface area contributed by atoms with Crippen molar-refractivity contribution in [2.45, 2.75) is 39.7 Å². The van der Waals surface area contributed by atoms with Crippen LogP contribution in [-0.2, 0) is 0 Å². The van der Waals surface area contributed by atoms with Gasteiger partial charge in [0.2, 0.25) is 0 Å². The van der Waals surface area contributed by atoms with Crippen molar-refractivity contribution in [3.63, 3.8) is 0 Å². The van der Waals surface area contributed by atoms with Gasteiger partial charge in [0.1, 0.15) is 11.5 Å². The highest BCUT2D eigenvalue weighted by Crippen LogP contribution is 2.31. The molecular weight excluding hydrogens is 238 g/mol. The fraction of sp³-hybridized carbons (Fsp3) is 0.625. The summed E-state index contributed by atoms with van der Waals surface area (Å²) in [5.74, 6) is 2.28. The highest BCUT2D eigenvalue weighted by atomic mass is 16.5. The highest BCUT2D eigenvalue weighted by molar-refractivity contribution is 5.40. The van der Waals surface area contributed by atoms with Crippen molar-refractivity contribution in [2.75, 3.05) is 20.8 Å². The molecule has 1 N–H and O–H groups in total. The summed E-state index contributed by atoms with van der Waals surface area (Å²) >= 11 is 0. The third kappa shape index (κ3) is 4.43. The second-order valence-electron chi connectivity index (χ2n) is 4.95. The second kappa shape index (κ2) is 8.05. The molecule has 1 rings (SSSR count). The molecule has 0 aliphatic carbocycles. The molecule has 108 valence electrons. The van der Waals surface area contributed by atoms with E-state index in [1.165, 1.54) is 18.4 Å². The van der Waals surface area contributed by atoms with Gasteiger partial charge in [-0.1, -0.05) is 27.2 Å². The van der Waals surface area contributed by atoms with Crippen molar-refractivity contribution in [2.24, 2.45) is 5.92 Å². The minimum atomic E-state index is 0.342. The van der Waals surface area contributed by atoms with Gasteiger partial charge in [-0.2, -0.15) is 0 Å². The first-order chi connectivity index (χ1) is 9.15. The van der Waals surface area contributed by atoms with Crippen LogP contribution in [0.15, 0.2) is 18.2 Å². The molecule has 0 saturated heterocycles. The average molecular weight is 265 g/mol. The number of ether oxygens (including phenoxy) is 2. The summed E-state index contributed by atoms with van der Waals surface area (Å²) in [7, 11) is 3.38. The van der Waals surface area contributed by atoms with Crippen LogP contribution in [0.5, 0.6) is 11.5 Å². The fourth-order valence-corrected chi connectivity index (χ4v) is 2.50. The normalized spacial score (nSPS) is 13.9. The first-order valence-corrected chi connectivity index (χ1v) is 7.12. The number of hydrogen-bond donors (Lipinski definition) is 1. The van der Waals surface area contributed by atoms with Crippen molar-refractivity contribution in [3.05, 3.63) is 23.8 Å². The monoisotopic (exact) mass is 265 g/mol. The van der Waals surface area contributed by atoms with Gasteiger partial charge in [0.05, 0.1) is 14.2 Å². The molecule has 3 heteroatoms. The van der Waals surface area contributed by atoms with E-state index in [4.69, 9.17) is 9.47 Å². The molecule has 0 heterocycles. The predicted molar refractivity (Wildman–Crippen MR) is 80.0 cm³/mol. The van der Waals surface area contributed by atoms with Crippen LogP contribution in [0.4, 0.5) is 0 Å². The summed E-state index contributed by atoms with van der Waals surface area (Å²) < 4.78 is 10.7. The molecule has 1 aromatic rings. The van der Waals surface area contributed by atoms with Gasteiger partial charge in [0, 0.05) is 12.1 Å². The minimum Gasteiger partial charge on any atom is -0.497 e. The zero-order valence-corrected chi connectivity index (χ0v) is 12.8. The summed E-state index contributed by atoms with van der Waals surface area (Å²) in [5.41, 5.74) is 1.24. The zero-order valence-electron chi connectivity index (χ0n) is 12.8. The summed E-state index contributed by atoms with van der Waals surface area (Å²) in [4.78, 5) is 0. The smallest absolute Gasteiger partial charge is 0.122 e. The van der Waals surface area contributed by atoms with Crippen LogP contribution < -0.4 is 14.8 Å². The molecule has 1 aromatic carbocycles. The zero-order chi connectivity index (χ0) is 14.3. The van der Waals surface area contributed by atoms with Crippen molar-refractivity contribution in [1.29, 1.82) is 0 Å². The van der Waals surface area contributed by atoms with Gasteiger partial charge in [0.25, 0.3) is 0 Å². The minimum absolute atomic E-state index is 0.342. The Morgan fingerprint density at radius 3 is 2.05 bits per heavy atom. The molecule has 2 unspecified atom stereocenters. The summed E-state index contributed by atoms with van der Waals surface area (Å²) in [6.07, 6.45) is 2.40. The first kappa shape index (κ1) is 15.8. The molecule has 0 saturated carbocycles. The van der Waals surface area contributed by atoms with E-state index < -0.39 is 0 Å². The van der Waals surface area contributed by atoms with Gasteiger partial charge in [-0.05, 0) is 36.6 Å². The topological polar surface area (TPSA) is 30.5 Å². The Morgan fingerprint density at radius 1 is 1.05 bits per heavy atom. The lowest BCUT2D eigenvalue weighted by Crippen LogP contribution is -2.26. The standard InChI is InChI=1S/C16H27NO2/c1-6-8-12(3)16(17-7-2)13-9-14(18-4)11-15(10-13)19-5/h9-12,16-17H,6-8H2,1-5H3. The van der Waals surface area contributed by atoms with E-state index in [9.17, 15) is 0 Å². The summed E-state index contributed by atoms with van der Waals surface area (Å²) in [6, 6.07) is 6.45. The van der Waals surface area contributed by atoms with Crippen molar-refractivity contribution >= 4 is 0 Å². The summed E-state index contributed by atoms with van der Waals surface area (Å²) in [6.45, 7) is 7.62. The predicted octanol–water partition coefficient (Wildman–Crippen LogP) is 3.79. The van der Waals surface area contributed by atoms with Crippen LogP contribution in [0, 0.1) is 5.92 Å². The van der Waals surface area contributed by atoms with Crippen LogP contribution in [-0.4, -0.2) is 20.8 Å². The lowest BCUT2D eigenvalue weighted by molar-refractivity contribution is 0.360. The number of nitrogens with one attached hydrogen (secondary N) is 1. The molecule has 2 atom stereocenters. The van der Waals surface area contributed by atoms with Crippen LogP contribution >= 0.6 is 0 Å². The number of benzene rings is 1. The van der Waals surface area contributed by atoms with Gasteiger partial charge in [0.15, 0.2) is 0 Å². The Hall–Kier alpha value is -1.22. The van der Waals surface area contributed by atoms with Gasteiger partial charge >= 0.3 is 0 Å². The third-order valence-electron chi connectivity index (χ3n) is 3.47. The van der Waals surface area contributed by atoms with E-state index in [0.717, 1.165) is 18.0 Å². The van der Waals surface area contributed by atoms with E-state index >= 15 is 0 Å². The van der Waals surface area contributed by atoms with Crippen molar-refractivity contribution in [1.82, 2.24) is 5.32 Å². The number of rotatable bonds is 8. The summed E-state index contributed by atoms with van der Waals surface area (Å²) in [5, 5.41) is 3.57. The van der Waals surface area contributed by atoms with E-state index in [2.05, 4.69) is 38.2 Å². The fourth-order valence-electron chi connectivity index (χ4n) is 2.50. The van der Waals surface area contributed by atoms with E-state index in [-0.39, 0.29) is 0 Å². The molecular formula is C16H27NO2. The van der Waals surface area contributed by atoms with Crippen molar-refractivity contribution < 1.29 is 9.47 Å². The molecule has 0 bridgehead atoms. The molecule has 3 nitrogen and oxygen atoms in total. The Kier molecular flexibility index (Phi) is 6.71. The second-order valence-corrected chi connectivity index (χ2v) is 4.95. The number of methoxy groups -OCH3 is 2. The van der Waals surface area contributed by atoms with Crippen LogP contribution in [0.25, 0.3) is 0 Å².